The number of hydrogen-bond donors (Lipinski definition) is 1. The molecule has 0 aromatic heterocycles. The molecule has 0 fully saturated rings. The quantitative estimate of drug-likeness (QED) is 0.831. The second kappa shape index (κ2) is 5.81. The summed E-state index contributed by atoms with van der Waals surface area (Å²) in [7, 11) is -2.15. The third kappa shape index (κ3) is 4.79. The summed E-state index contributed by atoms with van der Waals surface area (Å²) in [5.74, 6) is 0.253. The minimum absolute atomic E-state index is 0.253. The van der Waals surface area contributed by atoms with Crippen LogP contribution in [0.15, 0.2) is 18.2 Å². The summed E-state index contributed by atoms with van der Waals surface area (Å²) in [6.45, 7) is 5.56. The molecule has 0 heterocycles. The lowest BCUT2D eigenvalue weighted by atomic mass is 10.1. The summed E-state index contributed by atoms with van der Waals surface area (Å²) >= 11 is 11.7. The van der Waals surface area contributed by atoms with Crippen LogP contribution in [0.2, 0.25) is 10.0 Å². The molecular formula is C11H16Cl2NO3P. The van der Waals surface area contributed by atoms with Gasteiger partial charge >= 0.3 is 7.75 Å². The predicted octanol–water partition coefficient (Wildman–Crippen LogP) is 4.51. The van der Waals surface area contributed by atoms with Crippen LogP contribution in [0.3, 0.4) is 0 Å². The van der Waals surface area contributed by atoms with Crippen LogP contribution in [0.5, 0.6) is 5.75 Å². The fourth-order valence-corrected chi connectivity index (χ4v) is 3.15. The van der Waals surface area contributed by atoms with Crippen LogP contribution in [0.25, 0.3) is 0 Å². The maximum atomic E-state index is 12.4. The van der Waals surface area contributed by atoms with Gasteiger partial charge in [0.15, 0.2) is 0 Å². The highest BCUT2D eigenvalue weighted by Crippen LogP contribution is 2.47. The van der Waals surface area contributed by atoms with Crippen LogP contribution in [-0.2, 0) is 9.09 Å². The molecule has 1 unspecified atom stereocenters. The Bertz CT molecular complexity index is 474. The van der Waals surface area contributed by atoms with E-state index in [1.807, 2.05) is 20.8 Å². The van der Waals surface area contributed by atoms with Crippen molar-refractivity contribution in [3.63, 3.8) is 0 Å². The summed E-state index contributed by atoms with van der Waals surface area (Å²) in [5, 5.41) is 3.54. The largest absolute Gasteiger partial charge is 0.458 e. The molecule has 0 aliphatic carbocycles. The number of halogens is 2. The Morgan fingerprint density at radius 2 is 1.89 bits per heavy atom. The standard InChI is InChI=1S/C11H16Cl2NO3P/c1-11(2,3)14-18(15,16-4)17-10-6-5-8(12)7-9(10)13/h5-7H,1-4H3,(H,14,15). The van der Waals surface area contributed by atoms with Gasteiger partial charge in [-0.15, -0.1) is 0 Å². The molecule has 0 spiro atoms. The highest BCUT2D eigenvalue weighted by atomic mass is 35.5. The second-order valence-electron chi connectivity index (χ2n) is 4.71. The number of benzene rings is 1. The lowest BCUT2D eigenvalue weighted by Crippen LogP contribution is -2.34. The molecule has 18 heavy (non-hydrogen) atoms. The van der Waals surface area contributed by atoms with E-state index in [9.17, 15) is 4.57 Å². The average Bonchev–Trinajstić information content (AvgIpc) is 2.20. The molecule has 0 aliphatic heterocycles. The van der Waals surface area contributed by atoms with Crippen molar-refractivity contribution in [3.05, 3.63) is 28.2 Å². The number of hydrogen-bond acceptors (Lipinski definition) is 3. The monoisotopic (exact) mass is 311 g/mol. The molecule has 102 valence electrons. The topological polar surface area (TPSA) is 47.6 Å². The van der Waals surface area contributed by atoms with Crippen molar-refractivity contribution in [2.75, 3.05) is 7.11 Å². The fraction of sp³-hybridized carbons (Fsp3) is 0.455. The zero-order chi connectivity index (χ0) is 14.0. The van der Waals surface area contributed by atoms with Gasteiger partial charge < -0.3 is 4.52 Å². The van der Waals surface area contributed by atoms with E-state index < -0.39 is 13.3 Å². The first-order valence-corrected chi connectivity index (χ1v) is 7.55. The Morgan fingerprint density at radius 3 is 2.33 bits per heavy atom. The number of nitrogens with one attached hydrogen (secondary N) is 1. The zero-order valence-corrected chi connectivity index (χ0v) is 13.1. The summed E-state index contributed by atoms with van der Waals surface area (Å²) in [6, 6.07) is 4.65. The van der Waals surface area contributed by atoms with Gasteiger partial charge in [-0.2, -0.15) is 0 Å². The van der Waals surface area contributed by atoms with Crippen LogP contribution in [0.4, 0.5) is 0 Å². The minimum atomic E-state index is -3.46. The molecule has 0 aliphatic rings. The smallest absolute Gasteiger partial charge is 0.412 e. The molecule has 0 saturated carbocycles. The first-order chi connectivity index (χ1) is 8.15. The van der Waals surface area contributed by atoms with Crippen LogP contribution in [-0.4, -0.2) is 12.6 Å². The Kier molecular flexibility index (Phi) is 5.10. The predicted molar refractivity (Wildman–Crippen MR) is 74.6 cm³/mol. The second-order valence-corrected chi connectivity index (χ2v) is 7.32. The normalized spacial score (nSPS) is 15.2. The Labute approximate surface area is 117 Å². The molecule has 0 radical (unpaired) electrons. The molecule has 1 N–H and O–H groups in total. The van der Waals surface area contributed by atoms with Crippen molar-refractivity contribution in [2.24, 2.45) is 0 Å². The summed E-state index contributed by atoms with van der Waals surface area (Å²) in [5.41, 5.74) is -0.426. The molecule has 1 aromatic carbocycles. The lowest BCUT2D eigenvalue weighted by Gasteiger charge is -2.26. The molecule has 1 aromatic rings. The summed E-state index contributed by atoms with van der Waals surface area (Å²) in [4.78, 5) is 0. The SMILES string of the molecule is COP(=O)(NC(C)(C)C)Oc1ccc(Cl)cc1Cl. The maximum absolute atomic E-state index is 12.4. The van der Waals surface area contributed by atoms with Crippen LogP contribution >= 0.6 is 30.9 Å². The molecule has 0 amide bonds. The van der Waals surface area contributed by atoms with Gasteiger partial charge in [0.2, 0.25) is 0 Å². The van der Waals surface area contributed by atoms with Gasteiger partial charge in [-0.1, -0.05) is 23.2 Å². The molecule has 0 bridgehead atoms. The molecule has 4 nitrogen and oxygen atoms in total. The van der Waals surface area contributed by atoms with E-state index in [1.54, 1.807) is 12.1 Å². The van der Waals surface area contributed by atoms with Gasteiger partial charge in [-0.05, 0) is 39.0 Å². The maximum Gasteiger partial charge on any atom is 0.458 e. The summed E-state index contributed by atoms with van der Waals surface area (Å²) in [6.07, 6.45) is 0. The van der Waals surface area contributed by atoms with E-state index >= 15 is 0 Å². The van der Waals surface area contributed by atoms with Crippen LogP contribution < -0.4 is 9.61 Å². The Balaban J connectivity index is 2.95. The summed E-state index contributed by atoms with van der Waals surface area (Å²) < 4.78 is 22.6. The van der Waals surface area contributed by atoms with Gasteiger partial charge in [-0.3, -0.25) is 4.52 Å². The van der Waals surface area contributed by atoms with Gasteiger partial charge in [0.25, 0.3) is 0 Å². The first-order valence-electron chi connectivity index (χ1n) is 5.25. The Hall–Kier alpha value is -0.250. The van der Waals surface area contributed by atoms with E-state index in [1.165, 1.54) is 13.2 Å². The molecule has 1 atom stereocenters. The van der Waals surface area contributed by atoms with Crippen molar-refractivity contribution in [1.29, 1.82) is 0 Å². The van der Waals surface area contributed by atoms with Crippen molar-refractivity contribution in [1.82, 2.24) is 5.09 Å². The van der Waals surface area contributed by atoms with Crippen LogP contribution in [0.1, 0.15) is 20.8 Å². The van der Waals surface area contributed by atoms with Crippen molar-refractivity contribution in [2.45, 2.75) is 26.3 Å². The van der Waals surface area contributed by atoms with Gasteiger partial charge in [0.05, 0.1) is 5.02 Å². The van der Waals surface area contributed by atoms with Crippen molar-refractivity contribution >= 4 is 30.9 Å². The highest BCUT2D eigenvalue weighted by molar-refractivity contribution is 7.52. The third-order valence-electron chi connectivity index (χ3n) is 1.83. The van der Waals surface area contributed by atoms with Crippen molar-refractivity contribution in [3.8, 4) is 5.75 Å². The molecular weight excluding hydrogens is 296 g/mol. The number of rotatable bonds is 4. The van der Waals surface area contributed by atoms with E-state index in [0.29, 0.717) is 5.02 Å². The van der Waals surface area contributed by atoms with E-state index in [4.69, 9.17) is 32.2 Å². The van der Waals surface area contributed by atoms with Gasteiger partial charge in [0, 0.05) is 17.7 Å². The van der Waals surface area contributed by atoms with E-state index in [2.05, 4.69) is 5.09 Å². The zero-order valence-electron chi connectivity index (χ0n) is 10.7. The van der Waals surface area contributed by atoms with E-state index in [0.717, 1.165) is 0 Å². The lowest BCUT2D eigenvalue weighted by molar-refractivity contribution is 0.292. The highest BCUT2D eigenvalue weighted by Gasteiger charge is 2.31. The molecule has 1 rings (SSSR count). The minimum Gasteiger partial charge on any atom is -0.412 e. The van der Waals surface area contributed by atoms with Gasteiger partial charge in [-0.25, -0.2) is 9.65 Å². The molecule has 0 saturated heterocycles. The molecule has 7 heteroatoms. The van der Waals surface area contributed by atoms with Crippen LogP contribution in [0, 0.1) is 0 Å². The average molecular weight is 312 g/mol. The van der Waals surface area contributed by atoms with Crippen molar-refractivity contribution < 1.29 is 13.6 Å². The van der Waals surface area contributed by atoms with E-state index in [-0.39, 0.29) is 10.8 Å². The Morgan fingerprint density at radius 1 is 1.28 bits per heavy atom. The fourth-order valence-electron chi connectivity index (χ4n) is 1.20. The first kappa shape index (κ1) is 15.8. The third-order valence-corrected chi connectivity index (χ3v) is 4.22. The van der Waals surface area contributed by atoms with Gasteiger partial charge in [0.1, 0.15) is 5.75 Å².